The average Bonchev–Trinajstić information content (AvgIpc) is 2.66. The Kier molecular flexibility index (Phi) is 9.03. The third-order valence-electron chi connectivity index (χ3n) is 2.07. The van der Waals surface area contributed by atoms with Gasteiger partial charge in [0.05, 0.1) is 6.54 Å². The van der Waals surface area contributed by atoms with Crippen LogP contribution in [0.15, 0.2) is 12.4 Å². The van der Waals surface area contributed by atoms with E-state index in [-0.39, 0.29) is 57.9 Å². The SMILES string of the molecule is CCOC(Cn1cc([B-](F)(F)F)cn1)OCC.[K+]. The van der Waals surface area contributed by atoms with Gasteiger partial charge in [-0.2, -0.15) is 5.10 Å². The van der Waals surface area contributed by atoms with Crippen LogP contribution in [-0.2, 0) is 16.0 Å². The molecule has 9 heteroatoms. The van der Waals surface area contributed by atoms with Crippen molar-refractivity contribution in [3.8, 4) is 0 Å². The summed E-state index contributed by atoms with van der Waals surface area (Å²) in [5.74, 6) is 0. The first kappa shape index (κ1) is 18.6. The minimum Gasteiger partial charge on any atom is -0.445 e. The summed E-state index contributed by atoms with van der Waals surface area (Å²) < 4.78 is 48.8. The molecule has 18 heavy (non-hydrogen) atoms. The van der Waals surface area contributed by atoms with Crippen molar-refractivity contribution < 1.29 is 73.8 Å². The number of hydrogen-bond acceptors (Lipinski definition) is 3. The maximum absolute atomic E-state index is 12.4. The number of ether oxygens (including phenoxy) is 2. The first-order valence-electron chi connectivity index (χ1n) is 5.42. The molecule has 0 atom stereocenters. The normalized spacial score (nSPS) is 11.7. The van der Waals surface area contributed by atoms with Gasteiger partial charge in [0.2, 0.25) is 0 Å². The summed E-state index contributed by atoms with van der Waals surface area (Å²) in [6.45, 7) is -0.404. The van der Waals surface area contributed by atoms with Crippen molar-refractivity contribution in [2.24, 2.45) is 0 Å². The van der Waals surface area contributed by atoms with E-state index in [1.807, 2.05) is 0 Å². The second-order valence-electron chi connectivity index (χ2n) is 3.41. The van der Waals surface area contributed by atoms with Crippen LogP contribution in [0.25, 0.3) is 0 Å². The molecule has 0 saturated carbocycles. The smallest absolute Gasteiger partial charge is 0.445 e. The third kappa shape index (κ3) is 6.18. The molecule has 0 unspecified atom stereocenters. The quantitative estimate of drug-likeness (QED) is 0.445. The van der Waals surface area contributed by atoms with Gasteiger partial charge in [-0.05, 0) is 20.0 Å². The van der Waals surface area contributed by atoms with Crippen molar-refractivity contribution >= 4 is 12.4 Å². The van der Waals surface area contributed by atoms with E-state index in [0.29, 0.717) is 13.2 Å². The third-order valence-corrected chi connectivity index (χ3v) is 2.07. The predicted octanol–water partition coefficient (Wildman–Crippen LogP) is -1.66. The predicted molar refractivity (Wildman–Crippen MR) is 58.0 cm³/mol. The van der Waals surface area contributed by atoms with Crippen LogP contribution in [0.2, 0.25) is 0 Å². The van der Waals surface area contributed by atoms with E-state index in [2.05, 4.69) is 5.10 Å². The van der Waals surface area contributed by atoms with Gasteiger partial charge in [-0.3, -0.25) is 4.68 Å². The molecule has 1 aromatic heterocycles. The van der Waals surface area contributed by atoms with Crippen molar-refractivity contribution in [3.05, 3.63) is 12.4 Å². The molecule has 0 bridgehead atoms. The van der Waals surface area contributed by atoms with Crippen molar-refractivity contribution in [1.29, 1.82) is 0 Å². The van der Waals surface area contributed by atoms with Crippen LogP contribution in [-0.4, -0.2) is 36.3 Å². The molecule has 0 fully saturated rings. The fraction of sp³-hybridized carbons (Fsp3) is 0.667. The number of rotatable bonds is 7. The first-order chi connectivity index (χ1) is 7.97. The largest absolute Gasteiger partial charge is 1.00 e. The minimum atomic E-state index is -5.00. The summed E-state index contributed by atoms with van der Waals surface area (Å²) in [6.07, 6.45) is 1.21. The monoisotopic (exact) mass is 290 g/mol. The van der Waals surface area contributed by atoms with E-state index in [0.717, 1.165) is 12.4 Å². The van der Waals surface area contributed by atoms with Crippen LogP contribution in [0.5, 0.6) is 0 Å². The Morgan fingerprint density at radius 3 is 2.22 bits per heavy atom. The molecule has 4 nitrogen and oxygen atoms in total. The van der Waals surface area contributed by atoms with Crippen LogP contribution in [0.1, 0.15) is 13.8 Å². The average molecular weight is 290 g/mol. The summed E-state index contributed by atoms with van der Waals surface area (Å²) in [4.78, 5) is 0. The molecule has 0 amide bonds. The fourth-order valence-corrected chi connectivity index (χ4v) is 1.33. The Morgan fingerprint density at radius 2 is 1.83 bits per heavy atom. The van der Waals surface area contributed by atoms with Crippen LogP contribution in [0, 0.1) is 0 Å². The van der Waals surface area contributed by atoms with Gasteiger partial charge >= 0.3 is 58.4 Å². The van der Waals surface area contributed by atoms with Crippen LogP contribution < -0.4 is 56.8 Å². The molecule has 0 radical (unpaired) electrons. The van der Waals surface area contributed by atoms with Crippen molar-refractivity contribution in [2.45, 2.75) is 26.7 Å². The molecule has 0 spiro atoms. The number of hydrogen-bond donors (Lipinski definition) is 0. The molecular formula is C9H15BF3KN2O2. The van der Waals surface area contributed by atoms with E-state index in [1.54, 1.807) is 13.8 Å². The van der Waals surface area contributed by atoms with Gasteiger partial charge in [0.15, 0.2) is 6.29 Å². The van der Waals surface area contributed by atoms with Gasteiger partial charge in [0, 0.05) is 19.4 Å². The van der Waals surface area contributed by atoms with E-state index in [4.69, 9.17) is 9.47 Å². The second-order valence-corrected chi connectivity index (χ2v) is 3.41. The standard InChI is InChI=1S/C9H15BF3N2O2.K/c1-3-16-9(17-4-2)7-15-6-8(5-14-15)10(11,12)13;/h5-6,9H,3-4,7H2,1-2H3;/q-1;+1. The minimum absolute atomic E-state index is 0. The summed E-state index contributed by atoms with van der Waals surface area (Å²) in [7, 11) is 0. The van der Waals surface area contributed by atoms with Gasteiger partial charge in [0.1, 0.15) is 0 Å². The Labute approximate surface area is 147 Å². The molecule has 0 saturated heterocycles. The van der Waals surface area contributed by atoms with Gasteiger partial charge in [0.25, 0.3) is 0 Å². The van der Waals surface area contributed by atoms with Crippen molar-refractivity contribution in [1.82, 2.24) is 9.78 Å². The van der Waals surface area contributed by atoms with Gasteiger partial charge in [-0.25, -0.2) is 0 Å². The Bertz CT molecular complexity index is 343. The number of nitrogens with zero attached hydrogens (tertiary/aromatic N) is 2. The van der Waals surface area contributed by atoms with Crippen molar-refractivity contribution in [3.63, 3.8) is 0 Å². The molecule has 1 rings (SSSR count). The zero-order valence-electron chi connectivity index (χ0n) is 10.8. The van der Waals surface area contributed by atoms with Gasteiger partial charge < -0.3 is 22.4 Å². The van der Waals surface area contributed by atoms with Crippen LogP contribution >= 0.6 is 0 Å². The van der Waals surface area contributed by atoms with Crippen molar-refractivity contribution in [2.75, 3.05) is 13.2 Å². The van der Waals surface area contributed by atoms with Gasteiger partial charge in [-0.15, -0.1) is 0 Å². The van der Waals surface area contributed by atoms with E-state index in [9.17, 15) is 12.9 Å². The van der Waals surface area contributed by atoms with Gasteiger partial charge in [-0.1, -0.05) is 5.46 Å². The first-order valence-corrected chi connectivity index (χ1v) is 5.42. The molecular weight excluding hydrogens is 275 g/mol. The molecule has 0 aliphatic carbocycles. The summed E-state index contributed by atoms with van der Waals surface area (Å²) in [6, 6.07) is 0. The Morgan fingerprint density at radius 1 is 1.28 bits per heavy atom. The topological polar surface area (TPSA) is 36.3 Å². The van der Waals surface area contributed by atoms with E-state index < -0.39 is 18.7 Å². The zero-order valence-corrected chi connectivity index (χ0v) is 13.9. The molecule has 0 aliphatic rings. The van der Waals surface area contributed by atoms with E-state index in [1.165, 1.54) is 4.68 Å². The second kappa shape index (κ2) is 8.72. The van der Waals surface area contributed by atoms with Crippen LogP contribution in [0.4, 0.5) is 12.9 Å². The molecule has 1 aromatic rings. The molecule has 0 aliphatic heterocycles. The maximum atomic E-state index is 12.4. The molecule has 0 N–H and O–H groups in total. The summed E-state index contributed by atoms with van der Waals surface area (Å²) in [5, 5.41) is 3.64. The Hall–Kier alpha value is 0.621. The van der Waals surface area contributed by atoms with Crippen LogP contribution in [0.3, 0.4) is 0 Å². The summed E-state index contributed by atoms with van der Waals surface area (Å²) >= 11 is 0. The zero-order chi connectivity index (χ0) is 12.9. The summed E-state index contributed by atoms with van der Waals surface area (Å²) in [5.41, 5.74) is -0.711. The molecule has 0 aromatic carbocycles. The fourth-order valence-electron chi connectivity index (χ4n) is 1.33. The number of halogens is 3. The molecule has 98 valence electrons. The van der Waals surface area contributed by atoms with E-state index >= 15 is 0 Å². The molecule has 1 heterocycles. The number of aromatic nitrogens is 2. The maximum Gasteiger partial charge on any atom is 1.00 e. The Balaban J connectivity index is 0.00000289.